The lowest BCUT2D eigenvalue weighted by atomic mass is 10.2. The van der Waals surface area contributed by atoms with Crippen LogP contribution in [-0.4, -0.2) is 12.2 Å². The second-order valence-corrected chi connectivity index (χ2v) is 3.14. The second-order valence-electron chi connectivity index (χ2n) is 3.14. The van der Waals surface area contributed by atoms with Crippen molar-refractivity contribution in [3.8, 4) is 0 Å². The molecule has 0 N–H and O–H groups in total. The highest BCUT2D eigenvalue weighted by Gasteiger charge is 2.34. The monoisotopic (exact) mass is 154 g/mol. The van der Waals surface area contributed by atoms with Crippen LogP contribution in [0.1, 0.15) is 39.5 Å². The third kappa shape index (κ3) is 3.06. The highest BCUT2D eigenvalue weighted by Crippen LogP contribution is 2.27. The Morgan fingerprint density at radius 3 is 2.73 bits per heavy atom. The molecule has 0 unspecified atom stereocenters. The van der Waals surface area contributed by atoms with E-state index in [1.807, 2.05) is 0 Å². The van der Waals surface area contributed by atoms with Crippen LogP contribution in [0.5, 0.6) is 0 Å². The number of allylic oxidation sites excluding steroid dienone is 1. The van der Waals surface area contributed by atoms with E-state index in [-0.39, 0.29) is 0 Å². The molecule has 1 aliphatic rings. The average molecular weight is 154 g/mol. The van der Waals surface area contributed by atoms with Gasteiger partial charge in [-0.3, -0.25) is 0 Å². The Hall–Kier alpha value is -0.300. The summed E-state index contributed by atoms with van der Waals surface area (Å²) >= 11 is 0. The summed E-state index contributed by atoms with van der Waals surface area (Å²) in [7, 11) is 0. The van der Waals surface area contributed by atoms with Gasteiger partial charge in [-0.2, -0.15) is 0 Å². The normalized spacial score (nSPS) is 29.6. The first kappa shape index (κ1) is 8.79. The molecule has 1 saturated heterocycles. The summed E-state index contributed by atoms with van der Waals surface area (Å²) in [5.74, 6) is 0. The molecule has 0 aromatic rings. The lowest BCUT2D eigenvalue weighted by Crippen LogP contribution is -1.88. The summed E-state index contributed by atoms with van der Waals surface area (Å²) in [6.07, 6.45) is 10.4. The molecule has 0 amide bonds. The van der Waals surface area contributed by atoms with Crippen LogP contribution in [0.4, 0.5) is 0 Å². The minimum absolute atomic E-state index is 0.460. The Kier molecular flexibility index (Phi) is 3.64. The average Bonchev–Trinajstić information content (AvgIpc) is 2.70. The van der Waals surface area contributed by atoms with Crippen molar-refractivity contribution in [2.24, 2.45) is 0 Å². The molecule has 64 valence electrons. The van der Waals surface area contributed by atoms with Crippen molar-refractivity contribution in [2.75, 3.05) is 0 Å². The van der Waals surface area contributed by atoms with Crippen molar-refractivity contribution in [2.45, 2.75) is 51.7 Å². The third-order valence-corrected chi connectivity index (χ3v) is 1.98. The molecule has 1 aliphatic heterocycles. The van der Waals surface area contributed by atoms with Gasteiger partial charge in [0, 0.05) is 0 Å². The first-order valence-electron chi connectivity index (χ1n) is 4.70. The maximum Gasteiger partial charge on any atom is 0.102 e. The largest absolute Gasteiger partial charge is 0.365 e. The standard InChI is InChI=1S/C10H18O/c1-3-5-6-8-10-9(11-10)7-4-2/h6,8-10H,3-5,7H2,1-2H3/b8-6+/t9-,10-/m1/s1. The smallest absolute Gasteiger partial charge is 0.102 e. The van der Waals surface area contributed by atoms with E-state index >= 15 is 0 Å². The zero-order valence-electron chi connectivity index (χ0n) is 7.55. The molecular weight excluding hydrogens is 136 g/mol. The molecule has 0 spiro atoms. The Morgan fingerprint density at radius 2 is 2.09 bits per heavy atom. The van der Waals surface area contributed by atoms with Crippen LogP contribution >= 0.6 is 0 Å². The van der Waals surface area contributed by atoms with Crippen molar-refractivity contribution in [3.05, 3.63) is 12.2 Å². The van der Waals surface area contributed by atoms with Gasteiger partial charge in [0.15, 0.2) is 0 Å². The fourth-order valence-corrected chi connectivity index (χ4v) is 1.24. The first-order chi connectivity index (χ1) is 5.38. The number of rotatable bonds is 5. The SMILES string of the molecule is CCC/C=C/[C@H]1O[C@@H]1CCC. The molecule has 0 bridgehead atoms. The van der Waals surface area contributed by atoms with E-state index in [1.165, 1.54) is 25.7 Å². The Bertz CT molecular complexity index is 129. The second kappa shape index (κ2) is 4.55. The van der Waals surface area contributed by atoms with Gasteiger partial charge in [0.05, 0.1) is 6.10 Å². The van der Waals surface area contributed by atoms with E-state index in [9.17, 15) is 0 Å². The van der Waals surface area contributed by atoms with Gasteiger partial charge in [-0.05, 0) is 12.8 Å². The summed E-state index contributed by atoms with van der Waals surface area (Å²) in [6, 6.07) is 0. The Morgan fingerprint density at radius 1 is 1.27 bits per heavy atom. The van der Waals surface area contributed by atoms with Gasteiger partial charge >= 0.3 is 0 Å². The highest BCUT2D eigenvalue weighted by atomic mass is 16.6. The lowest BCUT2D eigenvalue weighted by Gasteiger charge is -1.85. The van der Waals surface area contributed by atoms with Crippen molar-refractivity contribution in [3.63, 3.8) is 0 Å². The zero-order chi connectivity index (χ0) is 8.10. The molecule has 11 heavy (non-hydrogen) atoms. The van der Waals surface area contributed by atoms with E-state index in [2.05, 4.69) is 26.0 Å². The van der Waals surface area contributed by atoms with Crippen LogP contribution in [0, 0.1) is 0 Å². The maximum atomic E-state index is 5.42. The van der Waals surface area contributed by atoms with E-state index in [0.717, 1.165) is 0 Å². The topological polar surface area (TPSA) is 12.5 Å². The molecule has 1 fully saturated rings. The van der Waals surface area contributed by atoms with E-state index in [4.69, 9.17) is 4.74 Å². The molecule has 0 saturated carbocycles. The van der Waals surface area contributed by atoms with E-state index in [0.29, 0.717) is 12.2 Å². The van der Waals surface area contributed by atoms with Gasteiger partial charge in [-0.1, -0.05) is 38.8 Å². The number of unbranched alkanes of at least 4 members (excludes halogenated alkanes) is 1. The van der Waals surface area contributed by atoms with Crippen LogP contribution in [-0.2, 0) is 4.74 Å². The van der Waals surface area contributed by atoms with Crippen molar-refractivity contribution in [1.29, 1.82) is 0 Å². The molecule has 1 heterocycles. The lowest BCUT2D eigenvalue weighted by molar-refractivity contribution is 0.378. The van der Waals surface area contributed by atoms with Gasteiger partial charge < -0.3 is 4.74 Å². The third-order valence-electron chi connectivity index (χ3n) is 1.98. The van der Waals surface area contributed by atoms with Crippen LogP contribution in [0.15, 0.2) is 12.2 Å². The molecular formula is C10H18O. The van der Waals surface area contributed by atoms with Gasteiger partial charge in [0.25, 0.3) is 0 Å². The summed E-state index contributed by atoms with van der Waals surface area (Å²) in [5, 5.41) is 0. The predicted molar refractivity (Wildman–Crippen MR) is 47.6 cm³/mol. The van der Waals surface area contributed by atoms with E-state index in [1.54, 1.807) is 0 Å². The number of epoxide rings is 1. The van der Waals surface area contributed by atoms with Crippen molar-refractivity contribution >= 4 is 0 Å². The van der Waals surface area contributed by atoms with Crippen molar-refractivity contribution < 1.29 is 4.74 Å². The van der Waals surface area contributed by atoms with Gasteiger partial charge in [0.1, 0.15) is 6.10 Å². The van der Waals surface area contributed by atoms with Gasteiger partial charge in [0.2, 0.25) is 0 Å². The molecule has 1 nitrogen and oxygen atoms in total. The molecule has 0 aliphatic carbocycles. The van der Waals surface area contributed by atoms with Crippen LogP contribution < -0.4 is 0 Å². The Labute approximate surface area is 69.4 Å². The number of ether oxygens (including phenoxy) is 1. The molecule has 1 rings (SSSR count). The maximum absolute atomic E-state index is 5.42. The van der Waals surface area contributed by atoms with Crippen LogP contribution in [0.3, 0.4) is 0 Å². The molecule has 1 heteroatoms. The molecule has 0 radical (unpaired) electrons. The van der Waals surface area contributed by atoms with E-state index < -0.39 is 0 Å². The summed E-state index contributed by atoms with van der Waals surface area (Å²) in [6.45, 7) is 4.40. The Balaban J connectivity index is 2.03. The quantitative estimate of drug-likeness (QED) is 0.438. The van der Waals surface area contributed by atoms with Crippen molar-refractivity contribution in [1.82, 2.24) is 0 Å². The van der Waals surface area contributed by atoms with Gasteiger partial charge in [-0.15, -0.1) is 0 Å². The minimum Gasteiger partial charge on any atom is -0.365 e. The van der Waals surface area contributed by atoms with Gasteiger partial charge in [-0.25, -0.2) is 0 Å². The molecule has 0 aromatic carbocycles. The number of hydrogen-bond donors (Lipinski definition) is 0. The molecule has 2 atom stereocenters. The molecule has 0 aromatic heterocycles. The highest BCUT2D eigenvalue weighted by molar-refractivity contribution is 5.02. The summed E-state index contributed by atoms with van der Waals surface area (Å²) in [4.78, 5) is 0. The first-order valence-corrected chi connectivity index (χ1v) is 4.70. The fraction of sp³-hybridized carbons (Fsp3) is 0.800. The fourth-order valence-electron chi connectivity index (χ4n) is 1.24. The summed E-state index contributed by atoms with van der Waals surface area (Å²) < 4.78 is 5.42. The summed E-state index contributed by atoms with van der Waals surface area (Å²) in [5.41, 5.74) is 0. The minimum atomic E-state index is 0.460. The number of hydrogen-bond acceptors (Lipinski definition) is 1. The van der Waals surface area contributed by atoms with Crippen LogP contribution in [0.2, 0.25) is 0 Å². The predicted octanol–water partition coefficient (Wildman–Crippen LogP) is 2.91. The van der Waals surface area contributed by atoms with Crippen LogP contribution in [0.25, 0.3) is 0 Å². The zero-order valence-corrected chi connectivity index (χ0v) is 7.55.